The third kappa shape index (κ3) is 4.12. The fraction of sp³-hybridized carbons (Fsp3) is 0.167. The summed E-state index contributed by atoms with van der Waals surface area (Å²) in [6.45, 7) is 1.51. The summed E-state index contributed by atoms with van der Waals surface area (Å²) in [5.41, 5.74) is 2.41. The Balaban J connectivity index is 1.62. The lowest BCUT2D eigenvalue weighted by Gasteiger charge is -2.20. The fourth-order valence-corrected chi connectivity index (χ4v) is 3.40. The lowest BCUT2D eigenvalue weighted by molar-refractivity contribution is -0.139. The highest BCUT2D eigenvalue weighted by atomic mass is 16.5. The van der Waals surface area contributed by atoms with Crippen LogP contribution in [0.1, 0.15) is 30.7 Å². The van der Waals surface area contributed by atoms with Gasteiger partial charge in [-0.15, -0.1) is 0 Å². The van der Waals surface area contributed by atoms with Crippen molar-refractivity contribution in [2.24, 2.45) is 5.10 Å². The molecule has 1 aliphatic rings. The van der Waals surface area contributed by atoms with Crippen molar-refractivity contribution in [1.82, 2.24) is 4.98 Å². The van der Waals surface area contributed by atoms with Crippen LogP contribution in [0.4, 0.5) is 5.69 Å². The predicted molar refractivity (Wildman–Crippen MR) is 114 cm³/mol. The van der Waals surface area contributed by atoms with E-state index in [9.17, 15) is 9.59 Å². The van der Waals surface area contributed by atoms with Crippen molar-refractivity contribution in [2.75, 3.05) is 5.01 Å². The number of carbonyl (C=O) groups is 2. The maximum absolute atomic E-state index is 13.0. The molecule has 2 aromatic carbocycles. The third-order valence-electron chi connectivity index (χ3n) is 4.92. The topological polar surface area (TPSA) is 71.9 Å². The van der Waals surface area contributed by atoms with Crippen LogP contribution in [-0.2, 0) is 14.3 Å². The van der Waals surface area contributed by atoms with Gasteiger partial charge in [0.15, 0.2) is 11.9 Å². The van der Waals surface area contributed by atoms with Crippen LogP contribution in [-0.4, -0.2) is 28.5 Å². The Labute approximate surface area is 174 Å². The number of hydrogen-bond acceptors (Lipinski definition) is 6. The van der Waals surface area contributed by atoms with E-state index in [-0.39, 0.29) is 17.9 Å². The number of rotatable bonds is 6. The van der Waals surface area contributed by atoms with Crippen LogP contribution >= 0.6 is 0 Å². The van der Waals surface area contributed by atoms with Crippen molar-refractivity contribution in [3.8, 4) is 0 Å². The zero-order valence-corrected chi connectivity index (χ0v) is 16.5. The van der Waals surface area contributed by atoms with Gasteiger partial charge in [0, 0.05) is 12.6 Å². The highest BCUT2D eigenvalue weighted by Gasteiger charge is 2.36. The molecule has 0 amide bonds. The average molecular weight is 399 g/mol. The third-order valence-corrected chi connectivity index (χ3v) is 4.92. The van der Waals surface area contributed by atoms with Gasteiger partial charge in [0.25, 0.3) is 0 Å². The number of nitrogens with zero attached hydrogens (tertiary/aromatic N) is 3. The van der Waals surface area contributed by atoms with Crippen molar-refractivity contribution < 1.29 is 14.3 Å². The quantitative estimate of drug-likeness (QED) is 0.587. The first-order valence-electron chi connectivity index (χ1n) is 9.72. The van der Waals surface area contributed by atoms with E-state index in [1.807, 2.05) is 78.9 Å². The van der Waals surface area contributed by atoms with E-state index in [1.54, 1.807) is 11.2 Å². The summed E-state index contributed by atoms with van der Waals surface area (Å²) in [4.78, 5) is 29.6. The highest BCUT2D eigenvalue weighted by molar-refractivity contribution is 6.38. The molecule has 0 fully saturated rings. The summed E-state index contributed by atoms with van der Waals surface area (Å²) in [5, 5.41) is 6.03. The molecule has 2 unspecified atom stereocenters. The second kappa shape index (κ2) is 8.69. The standard InChI is InChI=1S/C24H21N3O3/c1-17(28)22-16-21(26-27(22)19-12-6-3-7-13-19)24(29)30-23(18-10-4-2-5-11-18)20-14-8-9-15-25-20/h2-15,22-23H,16H2,1H3. The Morgan fingerprint density at radius 3 is 2.27 bits per heavy atom. The Bertz CT molecular complexity index is 1010. The van der Waals surface area contributed by atoms with Crippen molar-refractivity contribution >= 4 is 23.2 Å². The SMILES string of the molecule is CC(=O)C1CC(C(=O)OC(c2ccccc2)c2ccccn2)=NN1c1ccccc1. The van der Waals surface area contributed by atoms with Gasteiger partial charge >= 0.3 is 5.97 Å². The number of para-hydroxylation sites is 1. The van der Waals surface area contributed by atoms with Crippen molar-refractivity contribution in [2.45, 2.75) is 25.5 Å². The monoisotopic (exact) mass is 399 g/mol. The predicted octanol–water partition coefficient (Wildman–Crippen LogP) is 3.94. The number of ether oxygens (including phenoxy) is 1. The molecule has 2 atom stereocenters. The molecule has 3 aromatic rings. The van der Waals surface area contributed by atoms with Crippen molar-refractivity contribution in [3.05, 3.63) is 96.3 Å². The Hall–Kier alpha value is -3.80. The van der Waals surface area contributed by atoms with E-state index in [1.165, 1.54) is 6.92 Å². The Morgan fingerprint density at radius 2 is 1.63 bits per heavy atom. The van der Waals surface area contributed by atoms with Crippen molar-refractivity contribution in [1.29, 1.82) is 0 Å². The minimum atomic E-state index is -0.663. The minimum absolute atomic E-state index is 0.0604. The summed E-state index contributed by atoms with van der Waals surface area (Å²) >= 11 is 0. The number of hydrazone groups is 1. The van der Waals surface area contributed by atoms with Crippen LogP contribution in [0.15, 0.2) is 90.2 Å². The molecule has 6 heteroatoms. The molecule has 1 aromatic heterocycles. The van der Waals surface area contributed by atoms with Crippen LogP contribution < -0.4 is 5.01 Å². The Kier molecular flexibility index (Phi) is 5.66. The second-order valence-electron chi connectivity index (χ2n) is 7.01. The maximum atomic E-state index is 13.0. The van der Waals surface area contributed by atoms with E-state index in [4.69, 9.17) is 4.74 Å². The fourth-order valence-electron chi connectivity index (χ4n) is 3.40. The van der Waals surface area contributed by atoms with Gasteiger partial charge in [-0.25, -0.2) is 4.79 Å². The molecule has 0 N–H and O–H groups in total. The number of hydrogen-bond donors (Lipinski definition) is 0. The van der Waals surface area contributed by atoms with Gasteiger partial charge in [-0.1, -0.05) is 54.6 Å². The molecule has 6 nitrogen and oxygen atoms in total. The number of aromatic nitrogens is 1. The molecule has 4 rings (SSSR count). The van der Waals surface area contributed by atoms with Crippen LogP contribution in [0.2, 0.25) is 0 Å². The molecular weight excluding hydrogens is 378 g/mol. The normalized spacial score (nSPS) is 16.6. The molecule has 0 aliphatic carbocycles. The number of anilines is 1. The second-order valence-corrected chi connectivity index (χ2v) is 7.01. The largest absolute Gasteiger partial charge is 0.446 e. The van der Waals surface area contributed by atoms with E-state index < -0.39 is 18.1 Å². The van der Waals surface area contributed by atoms with Crippen LogP contribution in [0.25, 0.3) is 0 Å². The van der Waals surface area contributed by atoms with Gasteiger partial charge in [-0.05, 0) is 36.8 Å². The molecule has 2 heterocycles. The van der Waals surface area contributed by atoms with Crippen LogP contribution in [0.3, 0.4) is 0 Å². The number of esters is 1. The zero-order chi connectivity index (χ0) is 20.9. The van der Waals surface area contributed by atoms with E-state index in [2.05, 4.69) is 10.1 Å². The molecule has 0 saturated heterocycles. The lowest BCUT2D eigenvalue weighted by Crippen LogP contribution is -2.33. The van der Waals surface area contributed by atoms with E-state index in [0.717, 1.165) is 11.3 Å². The van der Waals surface area contributed by atoms with Gasteiger partial charge in [-0.2, -0.15) is 5.10 Å². The lowest BCUT2D eigenvalue weighted by atomic mass is 10.0. The Morgan fingerprint density at radius 1 is 0.967 bits per heavy atom. The first-order valence-corrected chi connectivity index (χ1v) is 9.72. The van der Waals surface area contributed by atoms with Gasteiger partial charge in [0.1, 0.15) is 11.8 Å². The summed E-state index contributed by atoms with van der Waals surface area (Å²) in [6.07, 6.45) is 1.20. The van der Waals surface area contributed by atoms with E-state index in [0.29, 0.717) is 5.69 Å². The summed E-state index contributed by atoms with van der Waals surface area (Å²) in [5.74, 6) is -0.617. The van der Waals surface area contributed by atoms with E-state index >= 15 is 0 Å². The number of Topliss-reactive ketones (excluding diaryl/α,β-unsaturated/α-hetero) is 1. The molecule has 1 aliphatic heterocycles. The van der Waals surface area contributed by atoms with Crippen molar-refractivity contribution in [3.63, 3.8) is 0 Å². The molecule has 150 valence electrons. The molecule has 0 radical (unpaired) electrons. The number of carbonyl (C=O) groups excluding carboxylic acids is 2. The maximum Gasteiger partial charge on any atom is 0.355 e. The summed E-state index contributed by atoms with van der Waals surface area (Å²) < 4.78 is 5.85. The first-order chi connectivity index (χ1) is 14.6. The van der Waals surface area contributed by atoms with Crippen LogP contribution in [0.5, 0.6) is 0 Å². The number of pyridine rings is 1. The molecule has 30 heavy (non-hydrogen) atoms. The van der Waals surface area contributed by atoms with Crippen LogP contribution in [0, 0.1) is 0 Å². The van der Waals surface area contributed by atoms with Gasteiger partial charge in [0.05, 0.1) is 11.4 Å². The molecule has 0 saturated carbocycles. The molecular formula is C24H21N3O3. The zero-order valence-electron chi connectivity index (χ0n) is 16.5. The smallest absolute Gasteiger partial charge is 0.355 e. The minimum Gasteiger partial charge on any atom is -0.446 e. The van der Waals surface area contributed by atoms with Gasteiger partial charge in [0.2, 0.25) is 0 Å². The molecule has 0 bridgehead atoms. The van der Waals surface area contributed by atoms with Gasteiger partial charge < -0.3 is 4.74 Å². The van der Waals surface area contributed by atoms with Gasteiger partial charge in [-0.3, -0.25) is 14.8 Å². The number of ketones is 1. The highest BCUT2D eigenvalue weighted by Crippen LogP contribution is 2.28. The summed E-state index contributed by atoms with van der Waals surface area (Å²) in [7, 11) is 0. The number of benzene rings is 2. The summed E-state index contributed by atoms with van der Waals surface area (Å²) in [6, 6.07) is 23.7. The average Bonchev–Trinajstić information content (AvgIpc) is 3.25. The molecule has 0 spiro atoms. The first kappa shape index (κ1) is 19.5.